The van der Waals surface area contributed by atoms with Crippen molar-refractivity contribution in [3.05, 3.63) is 12.7 Å². The van der Waals surface area contributed by atoms with Crippen LogP contribution in [-0.2, 0) is 9.59 Å². The van der Waals surface area contributed by atoms with Crippen molar-refractivity contribution in [2.75, 3.05) is 0 Å². The highest BCUT2D eigenvalue weighted by Crippen LogP contribution is 2.34. The minimum atomic E-state index is -0.376. The Bertz CT molecular complexity index is 285. The molecule has 1 heterocycles. The largest absolute Gasteiger partial charge is 0.346 e. The Morgan fingerprint density at radius 2 is 2.21 bits per heavy atom. The standard InChI is InChI=1S/C11H15NO2/c1-2-3-7-4-5-9-8(6-7)10(13)11(14)12-9/h2,7-9H,1,3-6H2,(H,12,14). The zero-order chi connectivity index (χ0) is 10.1. The summed E-state index contributed by atoms with van der Waals surface area (Å²) in [6, 6.07) is 0.121. The molecule has 1 N–H and O–H groups in total. The molecule has 1 saturated carbocycles. The lowest BCUT2D eigenvalue weighted by molar-refractivity contribution is -0.136. The number of nitrogens with one attached hydrogen (secondary N) is 1. The van der Waals surface area contributed by atoms with Crippen LogP contribution in [0.5, 0.6) is 0 Å². The van der Waals surface area contributed by atoms with Crippen LogP contribution in [0.4, 0.5) is 0 Å². The second-order valence-electron chi connectivity index (χ2n) is 4.25. The molecule has 0 radical (unpaired) electrons. The van der Waals surface area contributed by atoms with Crippen LogP contribution in [0, 0.1) is 11.8 Å². The number of allylic oxidation sites excluding steroid dienone is 1. The zero-order valence-corrected chi connectivity index (χ0v) is 8.16. The molecule has 0 aromatic carbocycles. The number of Topliss-reactive ketones (excluding diaryl/α,β-unsaturated/α-hetero) is 1. The summed E-state index contributed by atoms with van der Waals surface area (Å²) in [5.74, 6) is -0.0883. The van der Waals surface area contributed by atoms with Crippen molar-refractivity contribution in [2.24, 2.45) is 11.8 Å². The quantitative estimate of drug-likeness (QED) is 0.526. The van der Waals surface area contributed by atoms with Gasteiger partial charge in [-0.25, -0.2) is 0 Å². The van der Waals surface area contributed by atoms with E-state index in [0.29, 0.717) is 5.92 Å². The van der Waals surface area contributed by atoms with Gasteiger partial charge in [0, 0.05) is 12.0 Å². The summed E-state index contributed by atoms with van der Waals surface area (Å²) in [5.41, 5.74) is 0. The average Bonchev–Trinajstić information content (AvgIpc) is 2.45. The van der Waals surface area contributed by atoms with Gasteiger partial charge in [0.2, 0.25) is 5.78 Å². The molecule has 0 aromatic rings. The summed E-state index contributed by atoms with van der Waals surface area (Å²) >= 11 is 0. The van der Waals surface area contributed by atoms with Gasteiger partial charge in [-0.1, -0.05) is 6.08 Å². The number of hydrogen-bond acceptors (Lipinski definition) is 2. The molecule has 2 rings (SSSR count). The highest BCUT2D eigenvalue weighted by Gasteiger charge is 2.43. The molecule has 14 heavy (non-hydrogen) atoms. The summed E-state index contributed by atoms with van der Waals surface area (Å²) in [7, 11) is 0. The van der Waals surface area contributed by atoms with E-state index in [1.165, 1.54) is 0 Å². The molecule has 76 valence electrons. The van der Waals surface area contributed by atoms with Gasteiger partial charge in [0.1, 0.15) is 0 Å². The molecule has 0 bridgehead atoms. The Hall–Kier alpha value is -1.12. The smallest absolute Gasteiger partial charge is 0.287 e. The Labute approximate surface area is 83.6 Å². The molecule has 1 aliphatic carbocycles. The molecule has 1 aliphatic heterocycles. The fourth-order valence-electron chi connectivity index (χ4n) is 2.58. The van der Waals surface area contributed by atoms with Gasteiger partial charge in [-0.05, 0) is 31.6 Å². The summed E-state index contributed by atoms with van der Waals surface area (Å²) in [6.45, 7) is 3.71. The van der Waals surface area contributed by atoms with E-state index in [0.717, 1.165) is 25.7 Å². The van der Waals surface area contributed by atoms with E-state index in [4.69, 9.17) is 0 Å². The first-order chi connectivity index (χ1) is 6.72. The van der Waals surface area contributed by atoms with Crippen LogP contribution in [0.15, 0.2) is 12.7 Å². The third kappa shape index (κ3) is 1.47. The van der Waals surface area contributed by atoms with Gasteiger partial charge in [0.05, 0.1) is 0 Å². The molecule has 1 saturated heterocycles. The number of rotatable bonds is 2. The van der Waals surface area contributed by atoms with Crippen molar-refractivity contribution in [3.63, 3.8) is 0 Å². The predicted octanol–water partition coefficient (Wildman–Crippen LogP) is 1.05. The molecule has 0 aromatic heterocycles. The monoisotopic (exact) mass is 193 g/mol. The van der Waals surface area contributed by atoms with Crippen molar-refractivity contribution in [1.29, 1.82) is 0 Å². The first-order valence-corrected chi connectivity index (χ1v) is 5.18. The number of carbonyl (C=O) groups is 2. The molecule has 1 amide bonds. The molecule has 2 aliphatic rings. The van der Waals surface area contributed by atoms with Crippen LogP contribution >= 0.6 is 0 Å². The molecule has 3 atom stereocenters. The molecule has 2 fully saturated rings. The lowest BCUT2D eigenvalue weighted by atomic mass is 9.77. The van der Waals surface area contributed by atoms with Gasteiger partial charge >= 0.3 is 0 Å². The maximum absolute atomic E-state index is 11.5. The Morgan fingerprint density at radius 3 is 2.93 bits per heavy atom. The summed E-state index contributed by atoms with van der Waals surface area (Å²) in [5, 5.41) is 2.75. The lowest BCUT2D eigenvalue weighted by Gasteiger charge is -2.29. The van der Waals surface area contributed by atoms with E-state index >= 15 is 0 Å². The van der Waals surface area contributed by atoms with Crippen LogP contribution in [0.3, 0.4) is 0 Å². The van der Waals surface area contributed by atoms with Gasteiger partial charge in [-0.15, -0.1) is 6.58 Å². The molecular formula is C11H15NO2. The van der Waals surface area contributed by atoms with E-state index < -0.39 is 0 Å². The van der Waals surface area contributed by atoms with E-state index in [-0.39, 0.29) is 23.7 Å². The Morgan fingerprint density at radius 1 is 1.43 bits per heavy atom. The Balaban J connectivity index is 2.04. The van der Waals surface area contributed by atoms with Crippen LogP contribution < -0.4 is 5.32 Å². The van der Waals surface area contributed by atoms with E-state index in [9.17, 15) is 9.59 Å². The molecule has 0 spiro atoms. The van der Waals surface area contributed by atoms with Crippen molar-refractivity contribution in [1.82, 2.24) is 5.32 Å². The van der Waals surface area contributed by atoms with Crippen molar-refractivity contribution >= 4 is 11.7 Å². The third-order valence-electron chi connectivity index (χ3n) is 3.34. The molecule has 3 heteroatoms. The highest BCUT2D eigenvalue weighted by molar-refractivity contribution is 6.39. The number of ketones is 1. The maximum atomic E-state index is 11.5. The minimum Gasteiger partial charge on any atom is -0.346 e. The van der Waals surface area contributed by atoms with Crippen LogP contribution in [-0.4, -0.2) is 17.7 Å². The number of hydrogen-bond donors (Lipinski definition) is 1. The predicted molar refractivity (Wildman–Crippen MR) is 52.6 cm³/mol. The van der Waals surface area contributed by atoms with Crippen LogP contribution in [0.1, 0.15) is 25.7 Å². The summed E-state index contributed by atoms with van der Waals surface area (Å²) < 4.78 is 0. The number of fused-ring (bicyclic) bond motifs is 1. The summed E-state index contributed by atoms with van der Waals surface area (Å²) in [6.07, 6.45) is 5.76. The average molecular weight is 193 g/mol. The van der Waals surface area contributed by atoms with E-state index in [2.05, 4.69) is 11.9 Å². The van der Waals surface area contributed by atoms with E-state index in [1.807, 2.05) is 6.08 Å². The number of amides is 1. The zero-order valence-electron chi connectivity index (χ0n) is 8.16. The van der Waals surface area contributed by atoms with Crippen molar-refractivity contribution in [3.8, 4) is 0 Å². The van der Waals surface area contributed by atoms with Gasteiger partial charge < -0.3 is 5.32 Å². The van der Waals surface area contributed by atoms with Crippen LogP contribution in [0.25, 0.3) is 0 Å². The van der Waals surface area contributed by atoms with Crippen molar-refractivity contribution < 1.29 is 9.59 Å². The summed E-state index contributed by atoms with van der Waals surface area (Å²) in [4.78, 5) is 22.6. The molecule has 3 unspecified atom stereocenters. The second-order valence-corrected chi connectivity index (χ2v) is 4.25. The first-order valence-electron chi connectivity index (χ1n) is 5.18. The molecular weight excluding hydrogens is 178 g/mol. The first kappa shape index (κ1) is 9.44. The van der Waals surface area contributed by atoms with Gasteiger partial charge in [0.25, 0.3) is 5.91 Å². The van der Waals surface area contributed by atoms with Crippen LogP contribution in [0.2, 0.25) is 0 Å². The third-order valence-corrected chi connectivity index (χ3v) is 3.34. The van der Waals surface area contributed by atoms with E-state index in [1.54, 1.807) is 0 Å². The Kier molecular flexibility index (Phi) is 2.40. The highest BCUT2D eigenvalue weighted by atomic mass is 16.2. The maximum Gasteiger partial charge on any atom is 0.287 e. The number of carbonyl (C=O) groups excluding carboxylic acids is 2. The fraction of sp³-hybridized carbons (Fsp3) is 0.636. The minimum absolute atomic E-state index is 0.0544. The lowest BCUT2D eigenvalue weighted by Crippen LogP contribution is -2.34. The molecule has 3 nitrogen and oxygen atoms in total. The van der Waals surface area contributed by atoms with Crippen molar-refractivity contribution in [2.45, 2.75) is 31.7 Å². The van der Waals surface area contributed by atoms with Gasteiger partial charge in [-0.2, -0.15) is 0 Å². The topological polar surface area (TPSA) is 46.2 Å². The van der Waals surface area contributed by atoms with Gasteiger partial charge in [0.15, 0.2) is 0 Å². The van der Waals surface area contributed by atoms with Gasteiger partial charge in [-0.3, -0.25) is 9.59 Å². The second kappa shape index (κ2) is 3.56. The normalized spacial score (nSPS) is 36.4. The fourth-order valence-corrected chi connectivity index (χ4v) is 2.58. The SMILES string of the molecule is C=CCC1CCC2NC(=O)C(=O)C2C1.